The van der Waals surface area contributed by atoms with E-state index >= 15 is 0 Å². The minimum absolute atomic E-state index is 0.0697. The van der Waals surface area contributed by atoms with Crippen molar-refractivity contribution in [3.63, 3.8) is 0 Å². The van der Waals surface area contributed by atoms with Crippen LogP contribution in [0.15, 0.2) is 41.4 Å². The van der Waals surface area contributed by atoms with Crippen molar-refractivity contribution in [2.75, 3.05) is 6.54 Å². The third kappa shape index (κ3) is 3.92. The van der Waals surface area contributed by atoms with Crippen molar-refractivity contribution in [1.29, 1.82) is 0 Å². The molecule has 1 atom stereocenters. The van der Waals surface area contributed by atoms with E-state index in [4.69, 9.17) is 0 Å². The second-order valence-electron chi connectivity index (χ2n) is 6.52. The molecule has 0 saturated heterocycles. The van der Waals surface area contributed by atoms with Gasteiger partial charge in [0.15, 0.2) is 0 Å². The van der Waals surface area contributed by atoms with E-state index < -0.39 is 4.92 Å². The van der Waals surface area contributed by atoms with Crippen molar-refractivity contribution in [3.05, 3.63) is 73.8 Å². The molecule has 2 amide bonds. The van der Waals surface area contributed by atoms with E-state index in [9.17, 15) is 19.7 Å². The molecule has 7 nitrogen and oxygen atoms in total. The summed E-state index contributed by atoms with van der Waals surface area (Å²) in [5.74, 6) is -0.922. The minimum atomic E-state index is -0.517. The van der Waals surface area contributed by atoms with Crippen LogP contribution >= 0.6 is 0 Å². The maximum Gasteiger partial charge on any atom is 0.269 e. The van der Waals surface area contributed by atoms with Gasteiger partial charge in [-0.3, -0.25) is 19.7 Å². The molecular weight excluding hydrogens is 346 g/mol. The first-order chi connectivity index (χ1) is 12.9. The molecule has 7 heteroatoms. The number of rotatable bonds is 5. The Morgan fingerprint density at radius 3 is 2.56 bits per heavy atom. The normalized spacial score (nSPS) is 15.3. The zero-order valence-corrected chi connectivity index (χ0v) is 15.1. The zero-order valence-electron chi connectivity index (χ0n) is 15.1. The highest BCUT2D eigenvalue weighted by Gasteiger charge is 2.19. The van der Waals surface area contributed by atoms with Gasteiger partial charge >= 0.3 is 0 Å². The van der Waals surface area contributed by atoms with Gasteiger partial charge in [0.05, 0.1) is 16.2 Å². The van der Waals surface area contributed by atoms with E-state index in [2.05, 4.69) is 10.3 Å². The monoisotopic (exact) mass is 365 g/mol. The van der Waals surface area contributed by atoms with Crippen LogP contribution in [0.25, 0.3) is 6.08 Å². The number of hydrogen-bond donors (Lipinski definition) is 1. The lowest BCUT2D eigenvalue weighted by Gasteiger charge is -2.14. The Kier molecular flexibility index (Phi) is 5.12. The van der Waals surface area contributed by atoms with Gasteiger partial charge in [0.1, 0.15) is 0 Å². The van der Waals surface area contributed by atoms with E-state index in [1.54, 1.807) is 0 Å². The Morgan fingerprint density at radius 1 is 1.19 bits per heavy atom. The number of carbonyl (C=O) groups is 2. The van der Waals surface area contributed by atoms with Crippen molar-refractivity contribution < 1.29 is 14.5 Å². The fraction of sp³-hybridized carbons (Fsp3) is 0.250. The number of non-ortho nitro benzene ring substituents is 1. The van der Waals surface area contributed by atoms with Gasteiger partial charge in [-0.2, -0.15) is 0 Å². The van der Waals surface area contributed by atoms with Crippen LogP contribution in [0.2, 0.25) is 0 Å². The molecular formula is C20H19N3O4. The van der Waals surface area contributed by atoms with Gasteiger partial charge < -0.3 is 5.32 Å². The van der Waals surface area contributed by atoms with Crippen molar-refractivity contribution in [1.82, 2.24) is 5.32 Å². The van der Waals surface area contributed by atoms with Crippen LogP contribution in [0, 0.1) is 29.9 Å². The summed E-state index contributed by atoms with van der Waals surface area (Å²) < 4.78 is 0. The molecule has 1 N–H and O–H groups in total. The van der Waals surface area contributed by atoms with Crippen LogP contribution in [0.1, 0.15) is 27.9 Å². The lowest BCUT2D eigenvalue weighted by atomic mass is 9.98. The second kappa shape index (κ2) is 7.49. The van der Waals surface area contributed by atoms with Crippen LogP contribution in [-0.2, 0) is 4.79 Å². The number of fused-ring (bicyclic) bond motifs is 1. The number of amides is 2. The zero-order chi connectivity index (χ0) is 19.6. The molecule has 1 aliphatic rings. The molecule has 0 spiro atoms. The van der Waals surface area contributed by atoms with Crippen LogP contribution in [0.3, 0.4) is 0 Å². The highest BCUT2D eigenvalue weighted by molar-refractivity contribution is 5.94. The molecule has 1 aliphatic heterocycles. The van der Waals surface area contributed by atoms with Crippen molar-refractivity contribution >= 4 is 23.6 Å². The van der Waals surface area contributed by atoms with Gasteiger partial charge in [0, 0.05) is 24.2 Å². The Balaban J connectivity index is 1.64. The average Bonchev–Trinajstić information content (AvgIpc) is 2.66. The van der Waals surface area contributed by atoms with Gasteiger partial charge in [-0.05, 0) is 48.7 Å². The molecule has 27 heavy (non-hydrogen) atoms. The molecule has 2 aromatic carbocycles. The highest BCUT2D eigenvalue weighted by Crippen LogP contribution is 2.13. The molecule has 0 aliphatic carbocycles. The van der Waals surface area contributed by atoms with E-state index in [-0.39, 0.29) is 23.4 Å². The number of benzene rings is 2. The summed E-state index contributed by atoms with van der Waals surface area (Å²) in [5, 5.41) is 15.0. The number of hydrogen-bond acceptors (Lipinski definition) is 4. The summed E-state index contributed by atoms with van der Waals surface area (Å²) in [6.45, 7) is 4.23. The van der Waals surface area contributed by atoms with E-state index in [1.165, 1.54) is 24.3 Å². The number of carbonyl (C=O) groups excluding carboxylic acids is 2. The standard InChI is InChI=1S/C20H19N3O4/c1-12-3-4-15-11-16(20(25)22-18(15)13(12)2)9-10-21-19(24)14-5-7-17(8-6-14)23(26)27/h3-8,11,16H,9-10H2,1-2H3,(H,21,24). The fourth-order valence-corrected chi connectivity index (χ4v) is 2.97. The van der Waals surface area contributed by atoms with Crippen molar-refractivity contribution in [2.24, 2.45) is 10.9 Å². The Labute approximate surface area is 155 Å². The van der Waals surface area contributed by atoms with Crippen LogP contribution in [0.4, 0.5) is 5.69 Å². The summed E-state index contributed by atoms with van der Waals surface area (Å²) in [6.07, 6.45) is 2.34. The Bertz CT molecular complexity index is 1040. The first-order valence-corrected chi connectivity index (χ1v) is 8.60. The topological polar surface area (TPSA) is 102 Å². The van der Waals surface area contributed by atoms with Gasteiger partial charge in [0.25, 0.3) is 17.5 Å². The smallest absolute Gasteiger partial charge is 0.269 e. The molecule has 0 bridgehead atoms. The lowest BCUT2D eigenvalue weighted by Crippen LogP contribution is -2.37. The number of aryl methyl sites for hydroxylation is 1. The van der Waals surface area contributed by atoms with Gasteiger partial charge in [-0.25, -0.2) is 4.99 Å². The molecule has 0 saturated carbocycles. The van der Waals surface area contributed by atoms with Gasteiger partial charge in [-0.15, -0.1) is 0 Å². The number of nitro benzene ring substituents is 1. The van der Waals surface area contributed by atoms with E-state index in [0.29, 0.717) is 18.5 Å². The molecule has 0 aromatic heterocycles. The molecule has 1 heterocycles. The molecule has 138 valence electrons. The van der Waals surface area contributed by atoms with Crippen LogP contribution < -0.4 is 15.9 Å². The Morgan fingerprint density at radius 2 is 1.89 bits per heavy atom. The number of nitro groups is 1. The molecule has 0 radical (unpaired) electrons. The first kappa shape index (κ1) is 18.4. The largest absolute Gasteiger partial charge is 0.352 e. The second-order valence-corrected chi connectivity index (χ2v) is 6.52. The maximum absolute atomic E-state index is 12.3. The summed E-state index contributed by atoms with van der Waals surface area (Å²) >= 11 is 0. The Hall–Kier alpha value is -3.35. The van der Waals surface area contributed by atoms with Gasteiger partial charge in [0.2, 0.25) is 0 Å². The van der Waals surface area contributed by atoms with E-state index in [1.807, 2.05) is 32.1 Å². The SMILES string of the molecule is Cc1ccc2c(c1C)=NC(=O)C(CCNC(=O)c1ccc([N+](=O)[O-])cc1)C=2. The quantitative estimate of drug-likeness (QED) is 0.642. The molecule has 0 fully saturated rings. The van der Waals surface area contributed by atoms with Gasteiger partial charge in [-0.1, -0.05) is 18.2 Å². The summed E-state index contributed by atoms with van der Waals surface area (Å²) in [6, 6.07) is 9.34. The number of nitrogens with zero attached hydrogens (tertiary/aromatic N) is 2. The maximum atomic E-state index is 12.3. The first-order valence-electron chi connectivity index (χ1n) is 8.60. The predicted molar refractivity (Wildman–Crippen MR) is 99.7 cm³/mol. The highest BCUT2D eigenvalue weighted by atomic mass is 16.6. The summed E-state index contributed by atoms with van der Waals surface area (Å²) in [4.78, 5) is 38.8. The van der Waals surface area contributed by atoms with Crippen molar-refractivity contribution in [2.45, 2.75) is 20.3 Å². The molecule has 3 rings (SSSR count). The average molecular weight is 365 g/mol. The van der Waals surface area contributed by atoms with Crippen molar-refractivity contribution in [3.8, 4) is 0 Å². The molecule has 2 aromatic rings. The minimum Gasteiger partial charge on any atom is -0.352 e. The third-order valence-corrected chi connectivity index (χ3v) is 4.73. The van der Waals surface area contributed by atoms with Crippen LogP contribution in [-0.4, -0.2) is 23.3 Å². The molecule has 1 unspecified atom stereocenters. The van der Waals surface area contributed by atoms with Crippen LogP contribution in [0.5, 0.6) is 0 Å². The number of nitrogens with one attached hydrogen (secondary N) is 1. The summed E-state index contributed by atoms with van der Waals surface area (Å²) in [5.41, 5.74) is 2.36. The lowest BCUT2D eigenvalue weighted by molar-refractivity contribution is -0.384. The predicted octanol–water partition coefficient (Wildman–Crippen LogP) is 1.59. The third-order valence-electron chi connectivity index (χ3n) is 4.73. The summed E-state index contributed by atoms with van der Waals surface area (Å²) in [7, 11) is 0. The van der Waals surface area contributed by atoms with E-state index in [0.717, 1.165) is 21.7 Å². The fourth-order valence-electron chi connectivity index (χ4n) is 2.97.